The minimum Gasteiger partial charge on any atom is -0.294 e. The van der Waals surface area contributed by atoms with Crippen molar-refractivity contribution in [3.63, 3.8) is 0 Å². The van der Waals surface area contributed by atoms with Crippen molar-refractivity contribution in [3.8, 4) is 0 Å². The van der Waals surface area contributed by atoms with E-state index in [0.29, 0.717) is 30.5 Å². The largest absolute Gasteiger partial charge is 0.294 e. The number of sulfonamides is 1. The summed E-state index contributed by atoms with van der Waals surface area (Å²) in [5, 5.41) is 0. The van der Waals surface area contributed by atoms with E-state index in [9.17, 15) is 22.0 Å². The molecule has 2 aromatic carbocycles. The van der Waals surface area contributed by atoms with E-state index in [1.54, 1.807) is 6.92 Å². The normalized spacial score (nSPS) is 18.7. The Kier molecular flexibility index (Phi) is 5.20. The highest BCUT2D eigenvalue weighted by atomic mass is 32.2. The Morgan fingerprint density at radius 2 is 1.73 bits per heavy atom. The first-order valence-corrected chi connectivity index (χ1v) is 9.79. The lowest BCUT2D eigenvalue weighted by Gasteiger charge is -2.31. The van der Waals surface area contributed by atoms with Crippen LogP contribution in [0.3, 0.4) is 0 Å². The van der Waals surface area contributed by atoms with Gasteiger partial charge in [-0.3, -0.25) is 4.79 Å². The van der Waals surface area contributed by atoms with E-state index in [1.165, 1.54) is 40.7 Å². The highest BCUT2D eigenvalue weighted by Gasteiger charge is 2.34. The van der Waals surface area contributed by atoms with Crippen LogP contribution in [0, 0.1) is 24.5 Å². The van der Waals surface area contributed by atoms with E-state index in [1.807, 2.05) is 0 Å². The molecule has 26 heavy (non-hydrogen) atoms. The fourth-order valence-electron chi connectivity index (χ4n) is 3.27. The molecule has 1 saturated heterocycles. The van der Waals surface area contributed by atoms with Crippen LogP contribution in [-0.4, -0.2) is 31.6 Å². The molecule has 2 aromatic rings. The minimum atomic E-state index is -3.81. The maximum absolute atomic E-state index is 13.3. The number of ketones is 1. The van der Waals surface area contributed by atoms with Crippen molar-refractivity contribution in [2.45, 2.75) is 24.7 Å². The molecule has 0 spiro atoms. The standard InChI is InChI=1S/C19H19F2NO3S/c1-13-11-17(21)8-9-18(13)26(24,25)22-10-2-3-15(12-22)19(23)14-4-6-16(20)7-5-14/h4-9,11,15H,2-3,10,12H2,1H3. The molecule has 1 fully saturated rings. The fraction of sp³-hybridized carbons (Fsp3) is 0.316. The van der Waals surface area contributed by atoms with Crippen molar-refractivity contribution in [3.05, 3.63) is 65.2 Å². The molecular weight excluding hydrogens is 360 g/mol. The monoisotopic (exact) mass is 379 g/mol. The van der Waals surface area contributed by atoms with Crippen molar-refractivity contribution in [2.24, 2.45) is 5.92 Å². The number of Topliss-reactive ketones (excluding diaryl/α,β-unsaturated/α-hetero) is 1. The summed E-state index contributed by atoms with van der Waals surface area (Å²) in [5.41, 5.74) is 0.700. The molecule has 0 amide bonds. The van der Waals surface area contributed by atoms with Crippen molar-refractivity contribution in [1.82, 2.24) is 4.31 Å². The third-order valence-corrected chi connectivity index (χ3v) is 6.66. The zero-order valence-electron chi connectivity index (χ0n) is 14.3. The summed E-state index contributed by atoms with van der Waals surface area (Å²) in [5.74, 6) is -1.60. The van der Waals surface area contributed by atoms with Crippen LogP contribution in [-0.2, 0) is 10.0 Å². The molecule has 138 valence electrons. The predicted octanol–water partition coefficient (Wildman–Crippen LogP) is 3.56. The van der Waals surface area contributed by atoms with Crippen LogP contribution in [0.5, 0.6) is 0 Å². The van der Waals surface area contributed by atoms with Crippen molar-refractivity contribution >= 4 is 15.8 Å². The molecule has 0 aromatic heterocycles. The molecule has 1 aliphatic rings. The maximum Gasteiger partial charge on any atom is 0.243 e. The number of aryl methyl sites for hydroxylation is 1. The van der Waals surface area contributed by atoms with Crippen molar-refractivity contribution in [2.75, 3.05) is 13.1 Å². The van der Waals surface area contributed by atoms with Gasteiger partial charge in [0, 0.05) is 24.6 Å². The smallest absolute Gasteiger partial charge is 0.243 e. The summed E-state index contributed by atoms with van der Waals surface area (Å²) in [6.07, 6.45) is 1.13. The fourth-order valence-corrected chi connectivity index (χ4v) is 5.00. The van der Waals surface area contributed by atoms with Gasteiger partial charge in [0.1, 0.15) is 11.6 Å². The Labute approximate surface area is 151 Å². The lowest BCUT2D eigenvalue weighted by molar-refractivity contribution is 0.0872. The SMILES string of the molecule is Cc1cc(F)ccc1S(=O)(=O)N1CCCC(C(=O)c2ccc(F)cc2)C1. The first kappa shape index (κ1) is 18.7. The minimum absolute atomic E-state index is 0.0498. The summed E-state index contributed by atoms with van der Waals surface area (Å²) in [6.45, 7) is 1.92. The number of hydrogen-bond acceptors (Lipinski definition) is 3. The van der Waals surface area contributed by atoms with Crippen LogP contribution in [0.4, 0.5) is 8.78 Å². The van der Waals surface area contributed by atoms with Crippen molar-refractivity contribution < 1.29 is 22.0 Å². The quantitative estimate of drug-likeness (QED) is 0.764. The number of carbonyl (C=O) groups is 1. The van der Waals surface area contributed by atoms with Gasteiger partial charge in [-0.2, -0.15) is 4.31 Å². The van der Waals surface area contributed by atoms with Gasteiger partial charge in [0.2, 0.25) is 10.0 Å². The molecule has 3 rings (SSSR count). The van der Waals surface area contributed by atoms with E-state index in [-0.39, 0.29) is 17.2 Å². The molecule has 4 nitrogen and oxygen atoms in total. The number of hydrogen-bond donors (Lipinski definition) is 0. The van der Waals surface area contributed by atoms with Crippen LogP contribution in [0.2, 0.25) is 0 Å². The molecule has 0 radical (unpaired) electrons. The van der Waals surface area contributed by atoms with E-state index < -0.39 is 27.6 Å². The van der Waals surface area contributed by atoms with Gasteiger partial charge in [-0.15, -0.1) is 0 Å². The van der Waals surface area contributed by atoms with E-state index in [4.69, 9.17) is 0 Å². The second-order valence-electron chi connectivity index (χ2n) is 6.48. The molecule has 1 unspecified atom stereocenters. The Morgan fingerprint density at radius 1 is 1.08 bits per heavy atom. The van der Waals surface area contributed by atoms with Gasteiger partial charge in [0.15, 0.2) is 5.78 Å². The number of halogens is 2. The average Bonchev–Trinajstić information content (AvgIpc) is 2.61. The van der Waals surface area contributed by atoms with Gasteiger partial charge in [0.25, 0.3) is 0 Å². The van der Waals surface area contributed by atoms with Crippen LogP contribution >= 0.6 is 0 Å². The lowest BCUT2D eigenvalue weighted by Crippen LogP contribution is -2.42. The number of piperidine rings is 1. The molecule has 1 atom stereocenters. The summed E-state index contributed by atoms with van der Waals surface area (Å²) in [4.78, 5) is 12.7. The van der Waals surface area contributed by atoms with Crippen LogP contribution in [0.25, 0.3) is 0 Å². The van der Waals surface area contributed by atoms with Crippen LogP contribution in [0.15, 0.2) is 47.4 Å². The van der Waals surface area contributed by atoms with Gasteiger partial charge >= 0.3 is 0 Å². The maximum atomic E-state index is 13.3. The molecule has 0 aliphatic carbocycles. The second-order valence-corrected chi connectivity index (χ2v) is 8.39. The molecule has 0 saturated carbocycles. The zero-order chi connectivity index (χ0) is 18.9. The van der Waals surface area contributed by atoms with Gasteiger partial charge in [-0.1, -0.05) is 0 Å². The van der Waals surface area contributed by atoms with Gasteiger partial charge < -0.3 is 0 Å². The first-order valence-electron chi connectivity index (χ1n) is 8.35. The third-order valence-electron chi connectivity index (χ3n) is 4.64. The summed E-state index contributed by atoms with van der Waals surface area (Å²) in [7, 11) is -3.81. The van der Waals surface area contributed by atoms with Gasteiger partial charge in [-0.25, -0.2) is 17.2 Å². The van der Waals surface area contributed by atoms with E-state index in [2.05, 4.69) is 0 Å². The molecule has 0 bridgehead atoms. The first-order chi connectivity index (χ1) is 12.3. The van der Waals surface area contributed by atoms with Gasteiger partial charge in [0.05, 0.1) is 4.90 Å². The van der Waals surface area contributed by atoms with Crippen molar-refractivity contribution in [1.29, 1.82) is 0 Å². The summed E-state index contributed by atoms with van der Waals surface area (Å²) >= 11 is 0. The Bertz CT molecular complexity index is 926. The Morgan fingerprint density at radius 3 is 2.38 bits per heavy atom. The highest BCUT2D eigenvalue weighted by molar-refractivity contribution is 7.89. The van der Waals surface area contributed by atoms with E-state index >= 15 is 0 Å². The number of nitrogens with zero attached hydrogens (tertiary/aromatic N) is 1. The number of rotatable bonds is 4. The number of benzene rings is 2. The van der Waals surface area contributed by atoms with E-state index in [0.717, 1.165) is 6.07 Å². The highest BCUT2D eigenvalue weighted by Crippen LogP contribution is 2.27. The van der Waals surface area contributed by atoms with Gasteiger partial charge in [-0.05, 0) is 67.8 Å². The summed E-state index contributed by atoms with van der Waals surface area (Å²) < 4.78 is 53.4. The summed E-state index contributed by atoms with van der Waals surface area (Å²) in [6, 6.07) is 8.80. The zero-order valence-corrected chi connectivity index (χ0v) is 15.1. The van der Waals surface area contributed by atoms with Crippen LogP contribution < -0.4 is 0 Å². The Hall–Kier alpha value is -2.12. The lowest BCUT2D eigenvalue weighted by atomic mass is 9.91. The molecule has 1 heterocycles. The predicted molar refractivity (Wildman–Crippen MR) is 93.4 cm³/mol. The molecule has 7 heteroatoms. The number of carbonyl (C=O) groups excluding carboxylic acids is 1. The topological polar surface area (TPSA) is 54.5 Å². The molecule has 0 N–H and O–H groups in total. The second kappa shape index (κ2) is 7.25. The Balaban J connectivity index is 1.83. The molecule has 1 aliphatic heterocycles. The van der Waals surface area contributed by atoms with Crippen LogP contribution in [0.1, 0.15) is 28.8 Å². The average molecular weight is 379 g/mol. The third kappa shape index (κ3) is 3.68. The molecular formula is C19H19F2NO3S.